The third-order valence-corrected chi connectivity index (χ3v) is 7.67. The molecule has 1 aliphatic rings. The van der Waals surface area contributed by atoms with Crippen LogP contribution in [0.5, 0.6) is 0 Å². The molecule has 0 saturated carbocycles. The van der Waals surface area contributed by atoms with Gasteiger partial charge >= 0.3 is 5.97 Å². The van der Waals surface area contributed by atoms with E-state index in [9.17, 15) is 19.5 Å². The molecule has 0 spiro atoms. The van der Waals surface area contributed by atoms with Crippen LogP contribution in [0.25, 0.3) is 0 Å². The molecule has 1 heterocycles. The highest BCUT2D eigenvalue weighted by Crippen LogP contribution is 2.24. The standard InChI is InChI=1S/C36H55NO5S/c1-23(18-25(3)14-16-31-27(5)15-17-33(39)42-31)12-11-13-24(2)19-28(6)34(40)30(8)35(41)29(7)20-26(4)21-32(38)37-22-36(9,10)43/h11,13-19,21,23,27-31,35,41,43H,12,20,22H2,1-10H3,(H,37,38)/b13-11+,16-14+,24-19+,25-18-,26-21+/t23?,27-,28?,29?,30?,31-,35?/m0/s1. The van der Waals surface area contributed by atoms with Gasteiger partial charge in [0.25, 0.3) is 0 Å². The Hall–Kier alpha value is -2.64. The van der Waals surface area contributed by atoms with E-state index in [-0.39, 0.29) is 46.3 Å². The topological polar surface area (TPSA) is 92.7 Å². The zero-order chi connectivity index (χ0) is 32.9. The number of amides is 1. The molecule has 0 aromatic heterocycles. The van der Waals surface area contributed by atoms with Crippen LogP contribution in [-0.2, 0) is 19.1 Å². The maximum atomic E-state index is 13.1. The second-order valence-corrected chi connectivity index (χ2v) is 14.3. The molecule has 1 rings (SSSR count). The number of esters is 1. The molecule has 0 bridgehead atoms. The molecular formula is C36H55NO5S. The quantitative estimate of drug-likeness (QED) is 0.0745. The van der Waals surface area contributed by atoms with Crippen molar-refractivity contribution >= 4 is 30.3 Å². The first-order chi connectivity index (χ1) is 19.9. The number of hydrogen-bond acceptors (Lipinski definition) is 6. The maximum Gasteiger partial charge on any atom is 0.331 e. The Morgan fingerprint density at radius 2 is 1.72 bits per heavy atom. The molecule has 1 aliphatic heterocycles. The average molecular weight is 614 g/mol. The van der Waals surface area contributed by atoms with Gasteiger partial charge in [0.15, 0.2) is 0 Å². The Morgan fingerprint density at radius 3 is 2.35 bits per heavy atom. The van der Waals surface area contributed by atoms with Crippen LogP contribution in [-0.4, -0.2) is 46.3 Å². The number of allylic oxidation sites excluding steroid dienone is 8. The monoisotopic (exact) mass is 613 g/mol. The van der Waals surface area contributed by atoms with Crippen molar-refractivity contribution in [2.24, 2.45) is 29.6 Å². The Bertz CT molecular complexity index is 1140. The van der Waals surface area contributed by atoms with Gasteiger partial charge in [0.1, 0.15) is 11.9 Å². The molecule has 0 fully saturated rings. The molecule has 43 heavy (non-hydrogen) atoms. The minimum Gasteiger partial charge on any atom is -0.454 e. The van der Waals surface area contributed by atoms with Crippen molar-refractivity contribution < 1.29 is 24.2 Å². The van der Waals surface area contributed by atoms with Crippen LogP contribution in [0.15, 0.2) is 71.4 Å². The molecule has 0 aliphatic carbocycles. The van der Waals surface area contributed by atoms with Crippen molar-refractivity contribution in [3.05, 3.63) is 71.4 Å². The molecule has 6 nitrogen and oxygen atoms in total. The van der Waals surface area contributed by atoms with Gasteiger partial charge in [-0.2, -0.15) is 12.6 Å². The van der Waals surface area contributed by atoms with Crippen LogP contribution in [0, 0.1) is 29.6 Å². The Kier molecular flexibility index (Phi) is 16.3. The molecule has 7 atom stereocenters. The fourth-order valence-corrected chi connectivity index (χ4v) is 5.08. The van der Waals surface area contributed by atoms with Crippen molar-refractivity contribution in [3.63, 3.8) is 0 Å². The van der Waals surface area contributed by atoms with Gasteiger partial charge in [-0.25, -0.2) is 4.79 Å². The van der Waals surface area contributed by atoms with Crippen molar-refractivity contribution in [3.8, 4) is 0 Å². The third-order valence-electron chi connectivity index (χ3n) is 7.51. The number of Topliss-reactive ketones (excluding diaryl/α,β-unsaturated/α-hetero) is 1. The lowest BCUT2D eigenvalue weighted by atomic mass is 9.83. The molecule has 0 aromatic carbocycles. The summed E-state index contributed by atoms with van der Waals surface area (Å²) in [6.07, 6.45) is 17.4. The molecule has 2 N–H and O–H groups in total. The summed E-state index contributed by atoms with van der Waals surface area (Å²) in [4.78, 5) is 36.8. The Labute approximate surface area is 265 Å². The number of carbonyl (C=O) groups excluding carboxylic acids is 3. The van der Waals surface area contributed by atoms with Crippen LogP contribution < -0.4 is 5.32 Å². The van der Waals surface area contributed by atoms with Crippen LogP contribution in [0.4, 0.5) is 0 Å². The molecule has 1 amide bonds. The molecule has 0 radical (unpaired) electrons. The van der Waals surface area contributed by atoms with E-state index < -0.39 is 12.0 Å². The number of carbonyl (C=O) groups is 3. The van der Waals surface area contributed by atoms with Gasteiger partial charge in [-0.05, 0) is 65.4 Å². The first kappa shape index (κ1) is 38.4. The lowest BCUT2D eigenvalue weighted by Crippen LogP contribution is -2.34. The minimum absolute atomic E-state index is 0.00495. The van der Waals surface area contributed by atoms with Crippen molar-refractivity contribution in [1.29, 1.82) is 0 Å². The largest absolute Gasteiger partial charge is 0.454 e. The van der Waals surface area contributed by atoms with E-state index in [2.05, 4.69) is 37.0 Å². The van der Waals surface area contributed by atoms with Crippen molar-refractivity contribution in [2.45, 2.75) is 99.0 Å². The smallest absolute Gasteiger partial charge is 0.331 e. The summed E-state index contributed by atoms with van der Waals surface area (Å²) in [5.74, 6) is -1.05. The van der Waals surface area contributed by atoms with Gasteiger partial charge in [-0.3, -0.25) is 9.59 Å². The zero-order valence-corrected chi connectivity index (χ0v) is 28.8. The fraction of sp³-hybridized carbons (Fsp3) is 0.583. The molecule has 7 heteroatoms. The highest BCUT2D eigenvalue weighted by molar-refractivity contribution is 7.81. The van der Waals surface area contributed by atoms with Gasteiger partial charge in [0.2, 0.25) is 5.91 Å². The van der Waals surface area contributed by atoms with E-state index in [4.69, 9.17) is 4.74 Å². The second-order valence-electron chi connectivity index (χ2n) is 13.1. The van der Waals surface area contributed by atoms with Crippen LogP contribution in [0.1, 0.15) is 82.1 Å². The zero-order valence-electron chi connectivity index (χ0n) is 27.9. The molecule has 240 valence electrons. The SMILES string of the molecule is CC(=C/C(C)C/C=C/C(C)=C/C(C)C(=O)C(C)C(O)C(C)C/C(C)=C/C(=O)NCC(C)(C)S)/C=C/[C@@H]1OC(=O)C=C[C@@H]1C. The van der Waals surface area contributed by atoms with E-state index in [1.807, 2.05) is 85.8 Å². The van der Waals surface area contributed by atoms with Crippen molar-refractivity contribution in [2.75, 3.05) is 6.54 Å². The Morgan fingerprint density at radius 1 is 1.09 bits per heavy atom. The predicted molar refractivity (Wildman–Crippen MR) is 181 cm³/mol. The normalized spacial score (nSPS) is 22.3. The molecular weight excluding hydrogens is 558 g/mol. The number of aliphatic hydroxyl groups excluding tert-OH is 1. The number of thiol groups is 1. The predicted octanol–water partition coefficient (Wildman–Crippen LogP) is 7.13. The first-order valence-corrected chi connectivity index (χ1v) is 15.8. The summed E-state index contributed by atoms with van der Waals surface area (Å²) in [5.41, 5.74) is 2.96. The molecule has 0 saturated heterocycles. The number of ether oxygens (including phenoxy) is 1. The number of ketones is 1. The lowest BCUT2D eigenvalue weighted by molar-refractivity contribution is -0.143. The highest BCUT2D eigenvalue weighted by atomic mass is 32.1. The fourth-order valence-electron chi connectivity index (χ4n) is 5.00. The first-order valence-electron chi connectivity index (χ1n) is 15.4. The number of aliphatic hydroxyl groups is 1. The van der Waals surface area contributed by atoms with Crippen LogP contribution in [0.3, 0.4) is 0 Å². The number of nitrogens with one attached hydrogen (secondary N) is 1. The van der Waals surface area contributed by atoms with Crippen molar-refractivity contribution in [1.82, 2.24) is 5.32 Å². The lowest BCUT2D eigenvalue weighted by Gasteiger charge is -2.26. The summed E-state index contributed by atoms with van der Waals surface area (Å²) in [6, 6.07) is 0. The van der Waals surface area contributed by atoms with Gasteiger partial charge < -0.3 is 15.2 Å². The summed E-state index contributed by atoms with van der Waals surface area (Å²) < 4.78 is 5.07. The summed E-state index contributed by atoms with van der Waals surface area (Å²) in [7, 11) is 0. The van der Waals surface area contributed by atoms with E-state index in [1.165, 1.54) is 6.08 Å². The van der Waals surface area contributed by atoms with E-state index >= 15 is 0 Å². The molecule has 0 aromatic rings. The van der Waals surface area contributed by atoms with E-state index in [1.54, 1.807) is 13.0 Å². The van der Waals surface area contributed by atoms with E-state index in [0.29, 0.717) is 18.9 Å². The average Bonchev–Trinajstić information content (AvgIpc) is 2.90. The highest BCUT2D eigenvalue weighted by Gasteiger charge is 2.29. The second kappa shape index (κ2) is 18.2. The van der Waals surface area contributed by atoms with Gasteiger partial charge in [0, 0.05) is 41.2 Å². The van der Waals surface area contributed by atoms with Gasteiger partial charge in [-0.1, -0.05) is 87.8 Å². The summed E-state index contributed by atoms with van der Waals surface area (Å²) >= 11 is 4.42. The number of rotatable bonds is 16. The van der Waals surface area contributed by atoms with E-state index in [0.717, 1.165) is 23.1 Å². The summed E-state index contributed by atoms with van der Waals surface area (Å²) in [6.45, 7) is 19.9. The number of cyclic esters (lactones) is 1. The van der Waals surface area contributed by atoms with Gasteiger partial charge in [-0.15, -0.1) is 0 Å². The Balaban J connectivity index is 2.63. The third kappa shape index (κ3) is 15.6. The van der Waals surface area contributed by atoms with Crippen LogP contribution in [0.2, 0.25) is 0 Å². The van der Waals surface area contributed by atoms with Gasteiger partial charge in [0.05, 0.1) is 6.10 Å². The maximum absolute atomic E-state index is 13.1. The minimum atomic E-state index is -0.809. The number of hydrogen-bond donors (Lipinski definition) is 3. The molecule has 5 unspecified atom stereocenters. The van der Waals surface area contributed by atoms with Crippen LogP contribution >= 0.6 is 12.6 Å². The summed E-state index contributed by atoms with van der Waals surface area (Å²) in [5, 5.41) is 13.8.